The topological polar surface area (TPSA) is 21.3 Å². The second-order valence-corrected chi connectivity index (χ2v) is 4.24. The first-order chi connectivity index (χ1) is 7.36. The molecule has 1 N–H and O–H groups in total. The fraction of sp³-hybridized carbons (Fsp3) is 0.500. The highest BCUT2D eigenvalue weighted by molar-refractivity contribution is 5.47. The van der Waals surface area contributed by atoms with Crippen LogP contribution in [0.15, 0.2) is 12.1 Å². The summed E-state index contributed by atoms with van der Waals surface area (Å²) in [5, 5.41) is 3.27. The van der Waals surface area contributed by atoms with Gasteiger partial charge in [0.1, 0.15) is 11.6 Å². The largest absolute Gasteiger partial charge is 0.493 e. The number of rotatable bonds is 1. The predicted octanol–water partition coefficient (Wildman–Crippen LogP) is 1.84. The summed E-state index contributed by atoms with van der Waals surface area (Å²) in [6, 6.07) is 3.44. The number of hydrogen-bond donors (Lipinski definition) is 1. The van der Waals surface area contributed by atoms with Gasteiger partial charge in [-0.1, -0.05) is 6.07 Å². The molecule has 1 saturated heterocycles. The van der Waals surface area contributed by atoms with Crippen LogP contribution in [0.25, 0.3) is 0 Å². The van der Waals surface area contributed by atoms with Crippen molar-refractivity contribution in [3.8, 4) is 5.75 Å². The highest BCUT2D eigenvalue weighted by Gasteiger charge is 2.27. The molecule has 0 bridgehead atoms. The zero-order valence-corrected chi connectivity index (χ0v) is 8.55. The normalized spacial score (nSPS) is 23.9. The summed E-state index contributed by atoms with van der Waals surface area (Å²) in [5.74, 6) is 1.01. The number of nitrogens with one attached hydrogen (secondary N) is 1. The van der Waals surface area contributed by atoms with E-state index in [-0.39, 0.29) is 11.7 Å². The smallest absolute Gasteiger partial charge is 0.130 e. The zero-order valence-electron chi connectivity index (χ0n) is 8.55. The molecule has 3 rings (SSSR count). The van der Waals surface area contributed by atoms with Gasteiger partial charge < -0.3 is 10.1 Å². The first-order valence-electron chi connectivity index (χ1n) is 5.51. The van der Waals surface area contributed by atoms with Gasteiger partial charge in [-0.2, -0.15) is 0 Å². The first-order valence-corrected chi connectivity index (χ1v) is 5.51. The van der Waals surface area contributed by atoms with Crippen molar-refractivity contribution in [1.29, 1.82) is 0 Å². The van der Waals surface area contributed by atoms with Crippen molar-refractivity contribution in [2.45, 2.75) is 18.8 Å². The number of ether oxygens (including phenoxy) is 1. The van der Waals surface area contributed by atoms with E-state index in [1.807, 2.05) is 6.07 Å². The summed E-state index contributed by atoms with van der Waals surface area (Å²) < 4.78 is 19.3. The lowest BCUT2D eigenvalue weighted by molar-refractivity contribution is 0.348. The summed E-state index contributed by atoms with van der Waals surface area (Å²) in [4.78, 5) is 0. The van der Waals surface area contributed by atoms with E-state index >= 15 is 0 Å². The Hall–Kier alpha value is -1.09. The van der Waals surface area contributed by atoms with Crippen molar-refractivity contribution >= 4 is 0 Å². The highest BCUT2D eigenvalue weighted by atomic mass is 19.1. The van der Waals surface area contributed by atoms with E-state index in [2.05, 4.69) is 5.32 Å². The van der Waals surface area contributed by atoms with Crippen molar-refractivity contribution in [3.63, 3.8) is 0 Å². The molecule has 0 amide bonds. The number of hydrogen-bond acceptors (Lipinski definition) is 2. The third kappa shape index (κ3) is 1.42. The molecule has 0 radical (unpaired) electrons. The molecule has 2 heterocycles. The molecule has 3 heteroatoms. The van der Waals surface area contributed by atoms with Gasteiger partial charge in [0.2, 0.25) is 0 Å². The molecule has 2 nitrogen and oxygen atoms in total. The fourth-order valence-corrected chi connectivity index (χ4v) is 2.53. The second-order valence-electron chi connectivity index (χ2n) is 4.24. The lowest BCUT2D eigenvalue weighted by atomic mass is 9.94. The van der Waals surface area contributed by atoms with Crippen molar-refractivity contribution in [2.24, 2.45) is 0 Å². The minimum atomic E-state index is -0.107. The van der Waals surface area contributed by atoms with E-state index in [1.165, 1.54) is 5.56 Å². The fourth-order valence-electron chi connectivity index (χ4n) is 2.53. The molecule has 1 aromatic carbocycles. The Kier molecular flexibility index (Phi) is 2.13. The van der Waals surface area contributed by atoms with Crippen molar-refractivity contribution < 1.29 is 9.13 Å². The molecular weight excluding hydrogens is 193 g/mol. The van der Waals surface area contributed by atoms with Crippen LogP contribution in [-0.4, -0.2) is 19.7 Å². The summed E-state index contributed by atoms with van der Waals surface area (Å²) in [6.07, 6.45) is 1.93. The maximum atomic E-state index is 13.8. The first kappa shape index (κ1) is 9.16. The Morgan fingerprint density at radius 1 is 1.40 bits per heavy atom. The molecule has 80 valence electrons. The van der Waals surface area contributed by atoms with E-state index in [4.69, 9.17) is 4.74 Å². The Labute approximate surface area is 88.4 Å². The van der Waals surface area contributed by atoms with E-state index in [1.54, 1.807) is 6.07 Å². The van der Waals surface area contributed by atoms with Gasteiger partial charge in [-0.3, -0.25) is 0 Å². The van der Waals surface area contributed by atoms with Gasteiger partial charge in [-0.05, 0) is 24.6 Å². The highest BCUT2D eigenvalue weighted by Crippen LogP contribution is 2.38. The van der Waals surface area contributed by atoms with E-state index in [9.17, 15) is 4.39 Å². The van der Waals surface area contributed by atoms with Gasteiger partial charge >= 0.3 is 0 Å². The average molecular weight is 207 g/mol. The average Bonchev–Trinajstić information content (AvgIpc) is 2.85. The Morgan fingerprint density at radius 2 is 2.33 bits per heavy atom. The quantitative estimate of drug-likeness (QED) is 0.758. The van der Waals surface area contributed by atoms with Gasteiger partial charge in [-0.15, -0.1) is 0 Å². The molecular formula is C12H14FNO. The standard InChI is InChI=1S/C12H14FNO/c13-10-2-1-8-4-6-15-12(8)11(10)9-3-5-14-7-9/h1-2,9,14H,3-7H2. The predicted molar refractivity (Wildman–Crippen MR) is 55.8 cm³/mol. The van der Waals surface area contributed by atoms with Gasteiger partial charge in [0, 0.05) is 24.4 Å². The van der Waals surface area contributed by atoms with Crippen LogP contribution in [0.1, 0.15) is 23.5 Å². The molecule has 0 aliphatic carbocycles. The van der Waals surface area contributed by atoms with Crippen molar-refractivity contribution in [1.82, 2.24) is 5.32 Å². The number of fused-ring (bicyclic) bond motifs is 1. The van der Waals surface area contributed by atoms with Crippen LogP contribution in [0.5, 0.6) is 5.75 Å². The van der Waals surface area contributed by atoms with Gasteiger partial charge in [0.15, 0.2) is 0 Å². The van der Waals surface area contributed by atoms with Crippen LogP contribution in [-0.2, 0) is 6.42 Å². The van der Waals surface area contributed by atoms with Crippen LogP contribution in [0.4, 0.5) is 4.39 Å². The summed E-state index contributed by atoms with van der Waals surface area (Å²) in [5.41, 5.74) is 1.97. The zero-order chi connectivity index (χ0) is 10.3. The lowest BCUT2D eigenvalue weighted by Crippen LogP contribution is -2.10. The van der Waals surface area contributed by atoms with Crippen LogP contribution < -0.4 is 10.1 Å². The minimum absolute atomic E-state index is 0.107. The third-order valence-corrected chi connectivity index (χ3v) is 3.31. The third-order valence-electron chi connectivity index (χ3n) is 3.31. The van der Waals surface area contributed by atoms with E-state index in [0.29, 0.717) is 6.61 Å². The molecule has 0 aromatic heterocycles. The summed E-state index contributed by atoms with van der Waals surface area (Å²) in [7, 11) is 0. The molecule has 1 fully saturated rings. The van der Waals surface area contributed by atoms with Crippen LogP contribution in [0, 0.1) is 5.82 Å². The second kappa shape index (κ2) is 3.49. The molecule has 15 heavy (non-hydrogen) atoms. The van der Waals surface area contributed by atoms with Crippen molar-refractivity contribution in [3.05, 3.63) is 29.1 Å². The lowest BCUT2D eigenvalue weighted by Gasteiger charge is -2.14. The van der Waals surface area contributed by atoms with Crippen LogP contribution in [0.3, 0.4) is 0 Å². The molecule has 0 saturated carbocycles. The summed E-state index contributed by atoms with van der Waals surface area (Å²) in [6.45, 7) is 2.55. The Bertz CT molecular complexity index is 385. The Morgan fingerprint density at radius 3 is 3.13 bits per heavy atom. The summed E-state index contributed by atoms with van der Waals surface area (Å²) >= 11 is 0. The number of benzene rings is 1. The molecule has 2 aliphatic heterocycles. The Balaban J connectivity index is 2.08. The van der Waals surface area contributed by atoms with E-state index < -0.39 is 0 Å². The van der Waals surface area contributed by atoms with Crippen LogP contribution in [0.2, 0.25) is 0 Å². The molecule has 1 unspecified atom stereocenters. The van der Waals surface area contributed by atoms with Gasteiger partial charge in [-0.25, -0.2) is 4.39 Å². The van der Waals surface area contributed by atoms with Crippen LogP contribution >= 0.6 is 0 Å². The number of halogens is 1. The molecule has 2 aliphatic rings. The maximum absolute atomic E-state index is 13.8. The SMILES string of the molecule is Fc1ccc2c(c1C1CCNC1)OCC2. The van der Waals surface area contributed by atoms with Gasteiger partial charge in [0.25, 0.3) is 0 Å². The van der Waals surface area contributed by atoms with E-state index in [0.717, 1.165) is 37.2 Å². The monoisotopic (exact) mass is 207 g/mol. The molecule has 1 atom stereocenters. The molecule has 0 spiro atoms. The molecule has 1 aromatic rings. The van der Waals surface area contributed by atoms with Gasteiger partial charge in [0.05, 0.1) is 6.61 Å². The minimum Gasteiger partial charge on any atom is -0.493 e. The maximum Gasteiger partial charge on any atom is 0.130 e. The van der Waals surface area contributed by atoms with Crippen molar-refractivity contribution in [2.75, 3.05) is 19.7 Å².